The molecule has 40 atom stereocenters. The van der Waals surface area contributed by atoms with Crippen LogP contribution in [0.2, 0.25) is 0 Å². The van der Waals surface area contributed by atoms with E-state index in [0.717, 1.165) is 20.8 Å². The van der Waals surface area contributed by atoms with Crippen molar-refractivity contribution in [1.82, 2.24) is 16.0 Å². The molecule has 0 aliphatic carbocycles. The van der Waals surface area contributed by atoms with Gasteiger partial charge in [0.05, 0.1) is 52.9 Å². The second-order valence-corrected chi connectivity index (χ2v) is 24.6. The molecule has 0 aromatic carbocycles. The third-order valence-electron chi connectivity index (χ3n) is 17.8. The van der Waals surface area contributed by atoms with Gasteiger partial charge in [-0.1, -0.05) is 0 Å². The molecule has 44 heteroatoms. The number of rotatable bonds is 25. The maximum atomic E-state index is 13.0. The average Bonchev–Trinajstić information content (AvgIpc) is 0.773. The first kappa shape index (κ1) is 80.6. The fourth-order valence-electron chi connectivity index (χ4n) is 12.6. The molecule has 0 aromatic heterocycles. The molecule has 1 unspecified atom stereocenters. The summed E-state index contributed by atoms with van der Waals surface area (Å²) >= 11 is 0. The minimum Gasteiger partial charge on any atom is -0.394 e. The van der Waals surface area contributed by atoms with E-state index >= 15 is 0 Å². The summed E-state index contributed by atoms with van der Waals surface area (Å²) in [5, 5.41) is 257. The molecule has 26 N–H and O–H groups in total. The molecule has 8 aliphatic heterocycles. The highest BCUT2D eigenvalue weighted by molar-refractivity contribution is 5.74. The summed E-state index contributed by atoms with van der Waals surface area (Å²) in [6.45, 7) is -5.27. The Labute approximate surface area is 554 Å². The molecular formula is C54H91N3O41. The summed E-state index contributed by atoms with van der Waals surface area (Å²) in [6, 6.07) is -5.52. The summed E-state index contributed by atoms with van der Waals surface area (Å²) in [4.78, 5) is 38.3. The molecule has 0 radical (unpaired) electrons. The van der Waals surface area contributed by atoms with Crippen LogP contribution in [0.15, 0.2) is 0 Å². The molecule has 0 spiro atoms. The molecular weight excluding hydrogens is 1350 g/mol. The summed E-state index contributed by atoms with van der Waals surface area (Å²) in [6.07, 6.45) is -73.5. The van der Waals surface area contributed by atoms with E-state index in [-0.39, 0.29) is 0 Å². The van der Waals surface area contributed by atoms with Crippen LogP contribution in [0.1, 0.15) is 20.8 Å². The monoisotopic (exact) mass is 1440 g/mol. The van der Waals surface area contributed by atoms with Gasteiger partial charge in [-0.3, -0.25) is 14.4 Å². The van der Waals surface area contributed by atoms with Gasteiger partial charge in [0.1, 0.15) is 195 Å². The number of carbonyl (C=O) groups excluding carboxylic acids is 3. The molecule has 0 aromatic rings. The fraction of sp³-hybridized carbons (Fsp3) is 0.944. The molecule has 568 valence electrons. The van der Waals surface area contributed by atoms with Crippen molar-refractivity contribution in [1.29, 1.82) is 0 Å². The molecule has 98 heavy (non-hydrogen) atoms. The largest absolute Gasteiger partial charge is 0.394 e. The lowest BCUT2D eigenvalue weighted by molar-refractivity contribution is -0.388. The summed E-state index contributed by atoms with van der Waals surface area (Å²) < 4.78 is 86.9. The molecule has 8 fully saturated rings. The highest BCUT2D eigenvalue weighted by atomic mass is 16.8. The van der Waals surface area contributed by atoms with Gasteiger partial charge in [0.15, 0.2) is 50.3 Å². The van der Waals surface area contributed by atoms with Crippen molar-refractivity contribution < 1.29 is 203 Å². The number of amides is 3. The van der Waals surface area contributed by atoms with E-state index in [2.05, 4.69) is 16.0 Å². The van der Waals surface area contributed by atoms with E-state index in [0.29, 0.717) is 0 Å². The zero-order valence-corrected chi connectivity index (χ0v) is 52.4. The summed E-state index contributed by atoms with van der Waals surface area (Å²) in [5.74, 6) is -2.69. The van der Waals surface area contributed by atoms with Crippen LogP contribution in [0.5, 0.6) is 0 Å². The smallest absolute Gasteiger partial charge is 0.217 e. The normalized spacial score (nSPS) is 49.5. The minimum absolute atomic E-state index is 0.852. The number of ether oxygens (including phenoxy) is 15. The van der Waals surface area contributed by atoms with Crippen molar-refractivity contribution in [3.8, 4) is 0 Å². The van der Waals surface area contributed by atoms with Crippen LogP contribution in [0.4, 0.5) is 0 Å². The first-order valence-corrected chi connectivity index (χ1v) is 31.1. The third-order valence-corrected chi connectivity index (χ3v) is 17.8. The van der Waals surface area contributed by atoms with Gasteiger partial charge in [0, 0.05) is 20.8 Å². The van der Waals surface area contributed by atoms with E-state index in [1.165, 1.54) is 0 Å². The van der Waals surface area contributed by atoms with Crippen molar-refractivity contribution in [3.63, 3.8) is 0 Å². The van der Waals surface area contributed by atoms with E-state index in [9.17, 15) is 132 Å². The number of nitrogens with one attached hydrogen (secondary N) is 3. The number of aliphatic hydroxyl groups is 23. The zero-order chi connectivity index (χ0) is 72.2. The molecule has 8 rings (SSSR count). The van der Waals surface area contributed by atoms with Gasteiger partial charge in [-0.15, -0.1) is 0 Å². The lowest BCUT2D eigenvalue weighted by Gasteiger charge is -2.51. The predicted octanol–water partition coefficient (Wildman–Crippen LogP) is -18.0. The van der Waals surface area contributed by atoms with Gasteiger partial charge in [-0.25, -0.2) is 0 Å². The Bertz CT molecular complexity index is 2510. The Hall–Kier alpha value is -3.11. The van der Waals surface area contributed by atoms with E-state index < -0.39 is 316 Å². The van der Waals surface area contributed by atoms with Gasteiger partial charge in [0.25, 0.3) is 0 Å². The Kier molecular flexibility index (Phi) is 28.9. The summed E-state index contributed by atoms with van der Waals surface area (Å²) in [7, 11) is 0. The predicted molar refractivity (Wildman–Crippen MR) is 299 cm³/mol. The highest BCUT2D eigenvalue weighted by Gasteiger charge is 2.60. The number of carbonyl (C=O) groups is 3. The van der Waals surface area contributed by atoms with Crippen molar-refractivity contribution in [2.24, 2.45) is 0 Å². The second kappa shape index (κ2) is 35.1. The van der Waals surface area contributed by atoms with Crippen molar-refractivity contribution >= 4 is 17.7 Å². The number of hydrogen-bond acceptors (Lipinski definition) is 41. The summed E-state index contributed by atoms with van der Waals surface area (Å²) in [5.41, 5.74) is 0. The molecule has 8 saturated heterocycles. The van der Waals surface area contributed by atoms with E-state index in [1.54, 1.807) is 0 Å². The highest BCUT2D eigenvalue weighted by Crippen LogP contribution is 2.39. The van der Waals surface area contributed by atoms with Gasteiger partial charge in [-0.2, -0.15) is 0 Å². The first-order valence-electron chi connectivity index (χ1n) is 31.1. The van der Waals surface area contributed by atoms with Crippen LogP contribution in [0, 0.1) is 0 Å². The van der Waals surface area contributed by atoms with Crippen molar-refractivity contribution in [2.45, 2.75) is 266 Å². The quantitative estimate of drug-likeness (QED) is 0.0404. The molecule has 44 nitrogen and oxygen atoms in total. The van der Waals surface area contributed by atoms with Crippen LogP contribution in [-0.2, 0) is 85.4 Å². The van der Waals surface area contributed by atoms with Crippen LogP contribution >= 0.6 is 0 Å². The molecule has 0 saturated carbocycles. The Morgan fingerprint density at radius 3 is 0.878 bits per heavy atom. The molecule has 8 heterocycles. The number of hydrogen-bond donors (Lipinski definition) is 26. The molecule has 0 bridgehead atoms. The van der Waals surface area contributed by atoms with E-state index in [1.807, 2.05) is 0 Å². The lowest BCUT2D eigenvalue weighted by atomic mass is 9.93. The Morgan fingerprint density at radius 2 is 0.531 bits per heavy atom. The third kappa shape index (κ3) is 17.5. The van der Waals surface area contributed by atoms with Crippen molar-refractivity contribution in [3.05, 3.63) is 0 Å². The van der Waals surface area contributed by atoms with Crippen LogP contribution in [-0.4, -0.2) is 433 Å². The first-order chi connectivity index (χ1) is 46.4. The van der Waals surface area contributed by atoms with Crippen LogP contribution in [0.3, 0.4) is 0 Å². The van der Waals surface area contributed by atoms with Crippen LogP contribution < -0.4 is 16.0 Å². The second-order valence-electron chi connectivity index (χ2n) is 24.6. The fourth-order valence-corrected chi connectivity index (χ4v) is 12.6. The number of aliphatic hydroxyl groups excluding tert-OH is 23. The SMILES string of the molecule is CC(=O)N[C@H]1[C@H](OC[C@H]2O[C@@H](O[C@H]3[C@H](O)[C@@H](O)C(O)O[C@@H]3CO)[C@H](O)[C@@H](O[C@@H]3O[C@H](CO)[C@@H](O[C@@H]4O[C@H](CO)[C@H](O)[C@H](O[C@@H]5O[C@H](CO)[C@@H](O[C@@H]6O[C@H](CO)[C@H](O)[C@H](O)[C@H]6O)[C@H](O)[C@H]5NC(C)=O)[C@H]4O)[C@H](O)[C@H]3NC(C)=O)[C@H]2O)O[C@H](CO)[C@@H](O[C@@H]2O[C@H](CO)[C@H](O)[C@H](O)[C@H]2O)[C@@H]1O. The maximum Gasteiger partial charge on any atom is 0.217 e. The average molecular weight is 1440 g/mol. The molecule has 3 amide bonds. The Morgan fingerprint density at radius 1 is 0.265 bits per heavy atom. The Balaban J connectivity index is 1.03. The van der Waals surface area contributed by atoms with Gasteiger partial charge < -0.3 is 204 Å². The zero-order valence-electron chi connectivity index (χ0n) is 52.4. The van der Waals surface area contributed by atoms with Crippen molar-refractivity contribution in [2.75, 3.05) is 52.9 Å². The minimum atomic E-state index is -2.37. The van der Waals surface area contributed by atoms with Crippen LogP contribution in [0.25, 0.3) is 0 Å². The van der Waals surface area contributed by atoms with Gasteiger partial charge in [0.2, 0.25) is 17.7 Å². The topological polar surface area (TPSA) is 691 Å². The van der Waals surface area contributed by atoms with Gasteiger partial charge >= 0.3 is 0 Å². The standard InChI is InChI=1S/C54H91N3O41/c1-12(65)55-23-30(72)41(93-51-37(79)33(75)26(68)15(4-58)86-51)19(8-62)89-48(23)84-11-22-29(71)46(40(82)54(92-22)96-44-18(7-61)85-47(83)36(78)35(44)77)98-50-25(57-14(3)67)32(74)43(21(10-64)91-50)95-53-39(81)45(28(70)17(6-60)88-53)97-49-24(56-13(2)66)31(73)42(20(9-63)90-49)94-52-38(80)34(76)27(69)16(5-59)87-52/h15-54,58-64,68-83H,4-11H2,1-3H3,(H,55,65)(H,56,66)(H,57,67)/t15-,16-,17-,18-,19-,20-,21-,22-,23-,24-,25-,26+,27+,28+,29+,30-,31-,32-,33+,34+,35-,36-,37-,38-,39-,40-,41-,42-,43-,44-,45+,46+,47?,48-,49+,50+,51+,52+,53+,54+/m1/s1. The van der Waals surface area contributed by atoms with E-state index in [4.69, 9.17) is 71.1 Å². The maximum absolute atomic E-state index is 13.0. The van der Waals surface area contributed by atoms with Gasteiger partial charge in [-0.05, 0) is 0 Å². The lowest BCUT2D eigenvalue weighted by Crippen LogP contribution is -2.71. The molecule has 8 aliphatic rings.